The molecule has 1 rings (SSSR count). The molecule has 1 aliphatic heterocycles. The smallest absolute Gasteiger partial charge is 0.192 e. The molecule has 0 aromatic rings. The lowest BCUT2D eigenvalue weighted by molar-refractivity contribution is -0.185. The van der Waals surface area contributed by atoms with Gasteiger partial charge in [0, 0.05) is 12.3 Å². The van der Waals surface area contributed by atoms with Crippen molar-refractivity contribution in [2.45, 2.75) is 161 Å². The summed E-state index contributed by atoms with van der Waals surface area (Å²) in [6.45, 7) is 36.6. The third-order valence-electron chi connectivity index (χ3n) is 9.56. The second-order valence-electron chi connectivity index (χ2n) is 15.5. The van der Waals surface area contributed by atoms with Gasteiger partial charge < -0.3 is 22.8 Å². The Balaban J connectivity index is 3.43. The molecular weight excluding hydrogens is 501 g/mol. The summed E-state index contributed by atoms with van der Waals surface area (Å²) in [4.78, 5) is 12.2. The zero-order chi connectivity index (χ0) is 28.5. The molecule has 0 unspecified atom stereocenters. The van der Waals surface area contributed by atoms with Crippen molar-refractivity contribution in [3.8, 4) is 0 Å². The van der Waals surface area contributed by atoms with Crippen molar-refractivity contribution < 1.29 is 22.8 Å². The topological polar surface area (TPSA) is 54.0 Å². The minimum atomic E-state index is -2.09. The van der Waals surface area contributed by atoms with Gasteiger partial charge in [-0.15, -0.1) is 0 Å². The lowest BCUT2D eigenvalue weighted by Crippen LogP contribution is -2.60. The van der Waals surface area contributed by atoms with Crippen molar-refractivity contribution >= 4 is 31.2 Å². The molecule has 0 bridgehead atoms. The van der Waals surface area contributed by atoms with Gasteiger partial charge in [0.05, 0.1) is 24.9 Å². The predicted molar refractivity (Wildman–Crippen MR) is 160 cm³/mol. The zero-order valence-electron chi connectivity index (χ0n) is 26.6. The van der Waals surface area contributed by atoms with Crippen LogP contribution in [0.15, 0.2) is 0 Å². The van der Waals surface area contributed by atoms with Gasteiger partial charge in [0.1, 0.15) is 12.4 Å². The summed E-state index contributed by atoms with van der Waals surface area (Å²) in [5.74, 6) is -0.205. The van der Waals surface area contributed by atoms with Crippen LogP contribution in [0.3, 0.4) is 0 Å². The minimum absolute atomic E-state index is 0.0680. The molecule has 5 nitrogen and oxygen atoms in total. The number of carbonyl (C=O) groups is 1. The maximum Gasteiger partial charge on any atom is 0.192 e. The van der Waals surface area contributed by atoms with Gasteiger partial charge in [-0.1, -0.05) is 69.2 Å². The first-order valence-corrected chi connectivity index (χ1v) is 22.7. The molecule has 0 radical (unpaired) electrons. The van der Waals surface area contributed by atoms with E-state index in [2.05, 4.69) is 109 Å². The summed E-state index contributed by atoms with van der Waals surface area (Å²) in [6.07, 6.45) is 1.74. The molecule has 1 heterocycles. The van der Waals surface area contributed by atoms with E-state index in [4.69, 9.17) is 18.0 Å². The number of aldehydes is 1. The fourth-order valence-corrected chi connectivity index (χ4v) is 7.39. The van der Waals surface area contributed by atoms with Crippen LogP contribution in [0, 0.1) is 5.92 Å². The molecule has 0 spiro atoms. The normalized spacial score (nSPS) is 26.1. The van der Waals surface area contributed by atoms with Crippen LogP contribution in [0.5, 0.6) is 0 Å². The summed E-state index contributed by atoms with van der Waals surface area (Å²) in [6, 6.07) is 0. The summed E-state index contributed by atoms with van der Waals surface area (Å²) in [5.41, 5.74) is 0. The SMILES string of the molecule is CC[C@H](C=O)[C@@H]1O[C@H](CO[Si](C)(C)C(C)(C)C)[C@@H](O[Si](C)(C)C(C)(C)C)C[C@@H]1O[Si](C)(C)C(C)(C)C. The Labute approximate surface area is 227 Å². The number of carbonyl (C=O) groups excluding carboxylic acids is 1. The monoisotopic (exact) mass is 560 g/mol. The predicted octanol–water partition coefficient (Wildman–Crippen LogP) is 8.17. The third-order valence-corrected chi connectivity index (χ3v) is 23.1. The fraction of sp³-hybridized carbons (Fsp3) is 0.964. The highest BCUT2D eigenvalue weighted by Crippen LogP contribution is 2.44. The maximum absolute atomic E-state index is 12.2. The number of ether oxygens (including phenoxy) is 1. The van der Waals surface area contributed by atoms with Gasteiger partial charge in [0.15, 0.2) is 25.0 Å². The number of hydrogen-bond acceptors (Lipinski definition) is 5. The molecule has 1 saturated heterocycles. The molecule has 214 valence electrons. The van der Waals surface area contributed by atoms with Crippen molar-refractivity contribution in [1.29, 1.82) is 0 Å². The molecule has 5 atom stereocenters. The molecule has 0 aliphatic carbocycles. The van der Waals surface area contributed by atoms with Gasteiger partial charge >= 0.3 is 0 Å². The first kappa shape index (κ1) is 34.2. The summed E-state index contributed by atoms with van der Waals surface area (Å²) >= 11 is 0. The molecular formula is C28H60O5Si3. The maximum atomic E-state index is 12.2. The molecule has 1 fully saturated rings. The molecule has 0 saturated carbocycles. The lowest BCUT2D eigenvalue weighted by atomic mass is 9.89. The van der Waals surface area contributed by atoms with Crippen LogP contribution < -0.4 is 0 Å². The lowest BCUT2D eigenvalue weighted by Gasteiger charge is -2.50. The number of hydrogen-bond donors (Lipinski definition) is 0. The fourth-order valence-electron chi connectivity index (χ4n) is 3.68. The van der Waals surface area contributed by atoms with Crippen LogP contribution >= 0.6 is 0 Å². The second-order valence-corrected chi connectivity index (χ2v) is 29.8. The summed E-state index contributed by atoms with van der Waals surface area (Å²) < 4.78 is 27.5. The molecule has 1 aliphatic rings. The van der Waals surface area contributed by atoms with Crippen LogP contribution in [0.2, 0.25) is 54.4 Å². The standard InChI is InChI=1S/C28H60O5Si3/c1-17-21(19-29)25-23(33-36(15,16)28(8,9)10)18-22(32-35(13,14)27(5,6)7)24(31-25)20-30-34(11,12)26(2,3)4/h19,21-25H,17-18,20H2,1-16H3/t21-,22+,23+,24-,25+/m1/s1. The van der Waals surface area contributed by atoms with Gasteiger partial charge in [-0.3, -0.25) is 0 Å². The molecule has 0 aromatic heterocycles. The van der Waals surface area contributed by atoms with Gasteiger partial charge in [0.25, 0.3) is 0 Å². The highest BCUT2D eigenvalue weighted by Gasteiger charge is 2.50. The van der Waals surface area contributed by atoms with Crippen LogP contribution in [-0.2, 0) is 22.8 Å². The molecule has 0 aromatic carbocycles. The number of rotatable bonds is 10. The Morgan fingerprint density at radius 2 is 1.19 bits per heavy atom. The second kappa shape index (κ2) is 11.7. The Kier molecular flexibility index (Phi) is 11.1. The Bertz CT molecular complexity index is 716. The largest absolute Gasteiger partial charge is 0.414 e. The quantitative estimate of drug-likeness (QED) is 0.199. The Morgan fingerprint density at radius 1 is 0.778 bits per heavy atom. The van der Waals surface area contributed by atoms with Crippen LogP contribution in [0.4, 0.5) is 0 Å². The molecule has 36 heavy (non-hydrogen) atoms. The van der Waals surface area contributed by atoms with E-state index in [1.54, 1.807) is 0 Å². The van der Waals surface area contributed by atoms with Crippen molar-refractivity contribution in [2.75, 3.05) is 6.61 Å². The van der Waals surface area contributed by atoms with Gasteiger partial charge in [-0.25, -0.2) is 0 Å². The summed E-state index contributed by atoms with van der Waals surface area (Å²) in [5, 5.41) is 0.261. The third kappa shape index (κ3) is 8.33. The van der Waals surface area contributed by atoms with E-state index in [0.29, 0.717) is 6.61 Å². The van der Waals surface area contributed by atoms with Crippen molar-refractivity contribution in [3.63, 3.8) is 0 Å². The van der Waals surface area contributed by atoms with E-state index >= 15 is 0 Å². The Morgan fingerprint density at radius 3 is 1.56 bits per heavy atom. The summed E-state index contributed by atoms with van der Waals surface area (Å²) in [7, 11) is -6.14. The highest BCUT2D eigenvalue weighted by molar-refractivity contribution is 6.75. The highest BCUT2D eigenvalue weighted by atomic mass is 28.4. The average molecular weight is 561 g/mol. The van der Waals surface area contributed by atoms with Crippen LogP contribution in [0.25, 0.3) is 0 Å². The van der Waals surface area contributed by atoms with Crippen molar-refractivity contribution in [2.24, 2.45) is 5.92 Å². The average Bonchev–Trinajstić information content (AvgIpc) is 2.66. The first-order valence-electron chi connectivity index (χ1n) is 14.0. The molecule has 0 N–H and O–H groups in total. The van der Waals surface area contributed by atoms with Gasteiger partial charge in [-0.2, -0.15) is 0 Å². The van der Waals surface area contributed by atoms with Crippen molar-refractivity contribution in [1.82, 2.24) is 0 Å². The zero-order valence-corrected chi connectivity index (χ0v) is 29.6. The van der Waals surface area contributed by atoms with Crippen molar-refractivity contribution in [3.05, 3.63) is 0 Å². The van der Waals surface area contributed by atoms with E-state index in [0.717, 1.165) is 19.1 Å². The van der Waals surface area contributed by atoms with E-state index in [1.165, 1.54) is 0 Å². The Hall–Kier alpha value is 0.161. The van der Waals surface area contributed by atoms with E-state index < -0.39 is 25.0 Å². The van der Waals surface area contributed by atoms with E-state index in [-0.39, 0.29) is 45.4 Å². The van der Waals surface area contributed by atoms with E-state index in [1.807, 2.05) is 0 Å². The molecule has 0 amide bonds. The molecule has 8 heteroatoms. The van der Waals surface area contributed by atoms with Gasteiger partial charge in [0.2, 0.25) is 0 Å². The minimum Gasteiger partial charge on any atom is -0.414 e. The van der Waals surface area contributed by atoms with Crippen LogP contribution in [0.1, 0.15) is 82.1 Å². The first-order chi connectivity index (χ1) is 15.9. The van der Waals surface area contributed by atoms with Crippen LogP contribution in [-0.4, -0.2) is 62.3 Å². The van der Waals surface area contributed by atoms with E-state index in [9.17, 15) is 4.79 Å². The van der Waals surface area contributed by atoms with Gasteiger partial charge in [-0.05, 0) is 60.8 Å².